The molecule has 1 saturated heterocycles. The molecular formula is C19H23N3O3S. The Balaban J connectivity index is 1.46. The summed E-state index contributed by atoms with van der Waals surface area (Å²) in [7, 11) is 1.65. The standard InChI is InChI=1S/C19H23N3O3S/c1-14-3-8-17(26-14)19(24)20-13-18(23)22-11-9-21(10-12-22)15-4-6-16(25-2)7-5-15/h3-8H,9-13H2,1-2H3,(H,20,24). The average Bonchev–Trinajstić information content (AvgIpc) is 3.12. The maximum atomic E-state index is 12.3. The monoisotopic (exact) mass is 373 g/mol. The number of thiophene rings is 1. The van der Waals surface area contributed by atoms with E-state index in [9.17, 15) is 9.59 Å². The van der Waals surface area contributed by atoms with E-state index in [0.29, 0.717) is 18.0 Å². The van der Waals surface area contributed by atoms with Crippen LogP contribution in [0, 0.1) is 6.92 Å². The van der Waals surface area contributed by atoms with Gasteiger partial charge in [0.05, 0.1) is 18.5 Å². The molecule has 0 bridgehead atoms. The van der Waals surface area contributed by atoms with Gasteiger partial charge in [0.25, 0.3) is 5.91 Å². The number of nitrogens with one attached hydrogen (secondary N) is 1. The molecule has 2 aromatic rings. The Hall–Kier alpha value is -2.54. The van der Waals surface area contributed by atoms with Crippen molar-refractivity contribution in [3.63, 3.8) is 0 Å². The molecule has 2 amide bonds. The Morgan fingerprint density at radius 3 is 2.35 bits per heavy atom. The van der Waals surface area contributed by atoms with Crippen LogP contribution < -0.4 is 15.0 Å². The molecule has 1 aliphatic heterocycles. The molecule has 1 fully saturated rings. The molecule has 7 heteroatoms. The molecule has 1 aliphatic rings. The molecule has 26 heavy (non-hydrogen) atoms. The Labute approximate surface area is 157 Å². The van der Waals surface area contributed by atoms with Gasteiger partial charge < -0.3 is 19.9 Å². The maximum Gasteiger partial charge on any atom is 0.261 e. The molecule has 138 valence electrons. The summed E-state index contributed by atoms with van der Waals surface area (Å²) in [4.78, 5) is 30.2. The van der Waals surface area contributed by atoms with E-state index in [1.807, 2.05) is 37.3 Å². The third-order valence-electron chi connectivity index (χ3n) is 4.43. The van der Waals surface area contributed by atoms with Crippen LogP contribution in [0.1, 0.15) is 14.5 Å². The number of hydrogen-bond acceptors (Lipinski definition) is 5. The zero-order chi connectivity index (χ0) is 18.5. The summed E-state index contributed by atoms with van der Waals surface area (Å²) in [5, 5.41) is 2.72. The molecular weight excluding hydrogens is 350 g/mol. The first-order chi connectivity index (χ1) is 12.6. The second kappa shape index (κ2) is 8.23. The summed E-state index contributed by atoms with van der Waals surface area (Å²) in [5.41, 5.74) is 1.12. The van der Waals surface area contributed by atoms with Crippen molar-refractivity contribution in [2.45, 2.75) is 6.92 Å². The van der Waals surface area contributed by atoms with Crippen LogP contribution in [0.4, 0.5) is 5.69 Å². The number of nitrogens with zero attached hydrogens (tertiary/aromatic N) is 2. The van der Waals surface area contributed by atoms with Gasteiger partial charge in [-0.1, -0.05) is 0 Å². The minimum absolute atomic E-state index is 0.0400. The summed E-state index contributed by atoms with van der Waals surface area (Å²) in [6.07, 6.45) is 0. The van der Waals surface area contributed by atoms with E-state index in [2.05, 4.69) is 10.2 Å². The van der Waals surface area contributed by atoms with Gasteiger partial charge in [-0.3, -0.25) is 9.59 Å². The van der Waals surface area contributed by atoms with Crippen molar-refractivity contribution in [3.05, 3.63) is 46.2 Å². The molecule has 0 atom stereocenters. The van der Waals surface area contributed by atoms with Gasteiger partial charge in [0.2, 0.25) is 5.91 Å². The minimum Gasteiger partial charge on any atom is -0.497 e. The van der Waals surface area contributed by atoms with Crippen LogP contribution in [0.5, 0.6) is 5.75 Å². The van der Waals surface area contributed by atoms with Crippen molar-refractivity contribution in [3.8, 4) is 5.75 Å². The lowest BCUT2D eigenvalue weighted by atomic mass is 10.2. The molecule has 0 saturated carbocycles. The number of aryl methyl sites for hydroxylation is 1. The van der Waals surface area contributed by atoms with Crippen LogP contribution >= 0.6 is 11.3 Å². The van der Waals surface area contributed by atoms with Gasteiger partial charge in [-0.2, -0.15) is 0 Å². The van der Waals surface area contributed by atoms with E-state index >= 15 is 0 Å². The van der Waals surface area contributed by atoms with Crippen molar-refractivity contribution >= 4 is 28.8 Å². The lowest BCUT2D eigenvalue weighted by Crippen LogP contribution is -2.51. The van der Waals surface area contributed by atoms with Gasteiger partial charge >= 0.3 is 0 Å². The Bertz CT molecular complexity index is 765. The fourth-order valence-electron chi connectivity index (χ4n) is 2.92. The molecule has 1 N–H and O–H groups in total. The normalized spacial score (nSPS) is 14.2. The second-order valence-corrected chi connectivity index (χ2v) is 7.45. The minimum atomic E-state index is -0.187. The highest BCUT2D eigenvalue weighted by Crippen LogP contribution is 2.20. The molecule has 0 spiro atoms. The number of carbonyl (C=O) groups excluding carboxylic acids is 2. The summed E-state index contributed by atoms with van der Waals surface area (Å²) >= 11 is 1.43. The van der Waals surface area contributed by atoms with Crippen molar-refractivity contribution in [2.75, 3.05) is 44.7 Å². The van der Waals surface area contributed by atoms with Crippen molar-refractivity contribution in [1.29, 1.82) is 0 Å². The smallest absolute Gasteiger partial charge is 0.261 e. The Kier molecular flexibility index (Phi) is 5.78. The number of ether oxygens (including phenoxy) is 1. The van der Waals surface area contributed by atoms with Crippen molar-refractivity contribution in [2.24, 2.45) is 0 Å². The van der Waals surface area contributed by atoms with E-state index in [0.717, 1.165) is 29.4 Å². The van der Waals surface area contributed by atoms with Gasteiger partial charge in [-0.05, 0) is 43.3 Å². The van der Waals surface area contributed by atoms with Crippen LogP contribution in [0.25, 0.3) is 0 Å². The molecule has 6 nitrogen and oxygen atoms in total. The molecule has 3 rings (SSSR count). The highest BCUT2D eigenvalue weighted by atomic mass is 32.1. The third kappa shape index (κ3) is 4.35. The van der Waals surface area contributed by atoms with Crippen LogP contribution in [0.3, 0.4) is 0 Å². The first-order valence-corrected chi connectivity index (χ1v) is 9.40. The lowest BCUT2D eigenvalue weighted by Gasteiger charge is -2.36. The molecule has 1 aromatic heterocycles. The predicted molar refractivity (Wildman–Crippen MR) is 103 cm³/mol. The van der Waals surface area contributed by atoms with E-state index in [-0.39, 0.29) is 18.4 Å². The highest BCUT2D eigenvalue weighted by molar-refractivity contribution is 7.13. The quantitative estimate of drug-likeness (QED) is 0.872. The van der Waals surface area contributed by atoms with Crippen LogP contribution in [-0.2, 0) is 4.79 Å². The number of anilines is 1. The Morgan fingerprint density at radius 1 is 1.08 bits per heavy atom. The average molecular weight is 373 g/mol. The number of carbonyl (C=O) groups is 2. The number of rotatable bonds is 5. The molecule has 0 unspecified atom stereocenters. The third-order valence-corrected chi connectivity index (χ3v) is 5.43. The largest absolute Gasteiger partial charge is 0.497 e. The predicted octanol–water partition coefficient (Wildman–Crippen LogP) is 2.14. The first-order valence-electron chi connectivity index (χ1n) is 8.58. The Morgan fingerprint density at radius 2 is 1.77 bits per heavy atom. The molecule has 1 aromatic carbocycles. The highest BCUT2D eigenvalue weighted by Gasteiger charge is 2.22. The summed E-state index contributed by atoms with van der Waals surface area (Å²) in [6.45, 7) is 4.84. The number of methoxy groups -OCH3 is 1. The van der Waals surface area contributed by atoms with Crippen molar-refractivity contribution in [1.82, 2.24) is 10.2 Å². The van der Waals surface area contributed by atoms with Gasteiger partial charge in [0.1, 0.15) is 5.75 Å². The molecule has 0 radical (unpaired) electrons. The number of amides is 2. The second-order valence-electron chi connectivity index (χ2n) is 6.16. The fourth-order valence-corrected chi connectivity index (χ4v) is 3.70. The van der Waals surface area contributed by atoms with Crippen LogP contribution in [-0.4, -0.2) is 56.5 Å². The SMILES string of the molecule is COc1ccc(N2CCN(C(=O)CNC(=O)c3ccc(C)s3)CC2)cc1. The summed E-state index contributed by atoms with van der Waals surface area (Å²) in [6, 6.07) is 11.6. The fraction of sp³-hybridized carbons (Fsp3) is 0.368. The summed E-state index contributed by atoms with van der Waals surface area (Å²) in [5.74, 6) is 0.605. The van der Waals surface area contributed by atoms with E-state index in [1.54, 1.807) is 18.1 Å². The van der Waals surface area contributed by atoms with Crippen LogP contribution in [0.15, 0.2) is 36.4 Å². The summed E-state index contributed by atoms with van der Waals surface area (Å²) < 4.78 is 5.18. The van der Waals surface area contributed by atoms with E-state index in [1.165, 1.54) is 11.3 Å². The topological polar surface area (TPSA) is 61.9 Å². The maximum absolute atomic E-state index is 12.3. The van der Waals surface area contributed by atoms with Crippen molar-refractivity contribution < 1.29 is 14.3 Å². The number of hydrogen-bond donors (Lipinski definition) is 1. The zero-order valence-corrected chi connectivity index (χ0v) is 15.8. The van der Waals surface area contributed by atoms with E-state index in [4.69, 9.17) is 4.74 Å². The van der Waals surface area contributed by atoms with Gasteiger partial charge in [-0.25, -0.2) is 0 Å². The van der Waals surface area contributed by atoms with Gasteiger partial charge in [0.15, 0.2) is 0 Å². The number of piperazine rings is 1. The number of benzene rings is 1. The lowest BCUT2D eigenvalue weighted by molar-refractivity contribution is -0.130. The van der Waals surface area contributed by atoms with Gasteiger partial charge in [-0.15, -0.1) is 11.3 Å². The van der Waals surface area contributed by atoms with Gasteiger partial charge in [0, 0.05) is 36.7 Å². The van der Waals surface area contributed by atoms with E-state index < -0.39 is 0 Å². The zero-order valence-electron chi connectivity index (χ0n) is 15.0. The molecule has 2 heterocycles. The molecule has 0 aliphatic carbocycles. The first kappa shape index (κ1) is 18.3. The van der Waals surface area contributed by atoms with Crippen LogP contribution in [0.2, 0.25) is 0 Å².